The van der Waals surface area contributed by atoms with Crippen LogP contribution in [-0.4, -0.2) is 27.7 Å². The van der Waals surface area contributed by atoms with E-state index < -0.39 is 7.60 Å². The van der Waals surface area contributed by atoms with E-state index in [-0.39, 0.29) is 12.8 Å². The summed E-state index contributed by atoms with van der Waals surface area (Å²) < 4.78 is 10.4. The Labute approximate surface area is 72.8 Å². The van der Waals surface area contributed by atoms with Gasteiger partial charge >= 0.3 is 7.60 Å². The van der Waals surface area contributed by atoms with E-state index in [2.05, 4.69) is 0 Å². The summed E-state index contributed by atoms with van der Waals surface area (Å²) in [6.07, 6.45) is 4.08. The normalized spacial score (nSPS) is 11.9. The lowest BCUT2D eigenvalue weighted by atomic mass is 10.2. The van der Waals surface area contributed by atoms with E-state index in [1.165, 1.54) is 0 Å². The lowest BCUT2D eigenvalue weighted by molar-refractivity contribution is 0.282. The topological polar surface area (TPSA) is 77.8 Å². The number of aliphatic hydroxyl groups is 1. The molecule has 0 fully saturated rings. The molecule has 0 aromatic carbocycles. The van der Waals surface area contributed by atoms with Crippen LogP contribution >= 0.6 is 7.60 Å². The van der Waals surface area contributed by atoms with Gasteiger partial charge in [-0.05, 0) is 12.8 Å². The standard InChI is InChI=1S/C7H17O4P/c8-6-4-2-1-3-5-7-12(9,10)11/h8H,1-7H2,(H2,9,10,11). The minimum Gasteiger partial charge on any atom is -0.396 e. The zero-order valence-electron chi connectivity index (χ0n) is 7.15. The van der Waals surface area contributed by atoms with Gasteiger partial charge in [0.1, 0.15) is 0 Å². The molecule has 0 unspecified atom stereocenters. The molecule has 0 rings (SSSR count). The first kappa shape index (κ1) is 12.1. The molecule has 0 atom stereocenters. The summed E-state index contributed by atoms with van der Waals surface area (Å²) >= 11 is 0. The molecule has 0 bridgehead atoms. The molecule has 0 aliphatic carbocycles. The molecule has 0 radical (unpaired) electrons. The van der Waals surface area contributed by atoms with Gasteiger partial charge in [-0.1, -0.05) is 19.3 Å². The molecule has 0 aromatic heterocycles. The molecule has 5 heteroatoms. The van der Waals surface area contributed by atoms with Crippen LogP contribution in [0.2, 0.25) is 0 Å². The van der Waals surface area contributed by atoms with Gasteiger partial charge in [0.15, 0.2) is 0 Å². The molecule has 0 aromatic rings. The highest BCUT2D eigenvalue weighted by Crippen LogP contribution is 2.35. The molecular formula is C7H17O4P. The van der Waals surface area contributed by atoms with Crippen molar-refractivity contribution in [3.05, 3.63) is 0 Å². The van der Waals surface area contributed by atoms with Crippen molar-refractivity contribution in [2.45, 2.75) is 32.1 Å². The average molecular weight is 196 g/mol. The second-order valence-electron chi connectivity index (χ2n) is 2.88. The summed E-state index contributed by atoms with van der Waals surface area (Å²) in [6, 6.07) is 0. The van der Waals surface area contributed by atoms with Crippen LogP contribution in [0.1, 0.15) is 32.1 Å². The Morgan fingerprint density at radius 1 is 0.917 bits per heavy atom. The Morgan fingerprint density at radius 3 is 1.92 bits per heavy atom. The molecule has 0 aliphatic heterocycles. The summed E-state index contributed by atoms with van der Waals surface area (Å²) in [5.41, 5.74) is 0. The van der Waals surface area contributed by atoms with Gasteiger partial charge in [0.05, 0.1) is 0 Å². The van der Waals surface area contributed by atoms with Gasteiger partial charge in [-0.15, -0.1) is 0 Å². The third-order valence-electron chi connectivity index (χ3n) is 1.61. The van der Waals surface area contributed by atoms with E-state index in [9.17, 15) is 4.57 Å². The van der Waals surface area contributed by atoms with E-state index in [1.54, 1.807) is 0 Å². The Kier molecular flexibility index (Phi) is 6.67. The van der Waals surface area contributed by atoms with Gasteiger partial charge in [0.25, 0.3) is 0 Å². The number of rotatable bonds is 7. The quantitative estimate of drug-likeness (QED) is 0.421. The van der Waals surface area contributed by atoms with Crippen molar-refractivity contribution in [2.75, 3.05) is 12.8 Å². The van der Waals surface area contributed by atoms with Gasteiger partial charge in [-0.2, -0.15) is 0 Å². The SMILES string of the molecule is O=P(O)(O)CCCCCCCO. The summed E-state index contributed by atoms with van der Waals surface area (Å²) in [4.78, 5) is 17.0. The zero-order chi connectivity index (χ0) is 9.45. The van der Waals surface area contributed by atoms with Gasteiger partial charge < -0.3 is 14.9 Å². The minimum atomic E-state index is -3.77. The third-order valence-corrected chi connectivity index (χ3v) is 2.51. The van der Waals surface area contributed by atoms with E-state index in [4.69, 9.17) is 14.9 Å². The Balaban J connectivity index is 3.06. The van der Waals surface area contributed by atoms with Crippen molar-refractivity contribution in [3.63, 3.8) is 0 Å². The highest BCUT2D eigenvalue weighted by Gasteiger charge is 2.10. The van der Waals surface area contributed by atoms with Crippen molar-refractivity contribution in [1.29, 1.82) is 0 Å². The van der Waals surface area contributed by atoms with Crippen LogP contribution in [-0.2, 0) is 4.57 Å². The van der Waals surface area contributed by atoms with Gasteiger partial charge in [0.2, 0.25) is 0 Å². The third kappa shape index (κ3) is 10.1. The predicted octanol–water partition coefficient (Wildman–Crippen LogP) is 1.11. The Morgan fingerprint density at radius 2 is 1.42 bits per heavy atom. The zero-order valence-corrected chi connectivity index (χ0v) is 8.04. The van der Waals surface area contributed by atoms with Gasteiger partial charge in [-0.25, -0.2) is 0 Å². The van der Waals surface area contributed by atoms with Crippen LogP contribution in [0.15, 0.2) is 0 Å². The number of hydrogen-bond donors (Lipinski definition) is 3. The summed E-state index contributed by atoms with van der Waals surface area (Å²) in [5, 5.41) is 8.43. The fourth-order valence-electron chi connectivity index (χ4n) is 0.960. The van der Waals surface area contributed by atoms with E-state index >= 15 is 0 Å². The first-order chi connectivity index (χ1) is 5.56. The van der Waals surface area contributed by atoms with Crippen LogP contribution in [0, 0.1) is 0 Å². The van der Waals surface area contributed by atoms with E-state index in [1.807, 2.05) is 0 Å². The Hall–Kier alpha value is 0.110. The van der Waals surface area contributed by atoms with Crippen LogP contribution < -0.4 is 0 Å². The van der Waals surface area contributed by atoms with Crippen molar-refractivity contribution in [1.82, 2.24) is 0 Å². The van der Waals surface area contributed by atoms with Gasteiger partial charge in [0, 0.05) is 12.8 Å². The lowest BCUT2D eigenvalue weighted by Crippen LogP contribution is -1.89. The molecule has 0 saturated carbocycles. The van der Waals surface area contributed by atoms with Crippen molar-refractivity contribution in [2.24, 2.45) is 0 Å². The summed E-state index contributed by atoms with van der Waals surface area (Å²) in [6.45, 7) is 0.207. The number of unbranched alkanes of at least 4 members (excludes halogenated alkanes) is 4. The van der Waals surface area contributed by atoms with Gasteiger partial charge in [-0.3, -0.25) is 4.57 Å². The van der Waals surface area contributed by atoms with Crippen LogP contribution in [0.4, 0.5) is 0 Å². The maximum Gasteiger partial charge on any atom is 0.325 e. The molecule has 0 heterocycles. The average Bonchev–Trinajstić information content (AvgIpc) is 1.94. The van der Waals surface area contributed by atoms with Crippen molar-refractivity contribution in [3.8, 4) is 0 Å². The maximum atomic E-state index is 10.4. The predicted molar refractivity (Wildman–Crippen MR) is 47.1 cm³/mol. The molecule has 0 spiro atoms. The second-order valence-corrected chi connectivity index (χ2v) is 4.66. The molecule has 12 heavy (non-hydrogen) atoms. The van der Waals surface area contributed by atoms with E-state index in [0.717, 1.165) is 25.7 Å². The van der Waals surface area contributed by atoms with Crippen LogP contribution in [0.5, 0.6) is 0 Å². The first-order valence-electron chi connectivity index (χ1n) is 4.22. The van der Waals surface area contributed by atoms with E-state index in [0.29, 0.717) is 6.42 Å². The Bertz CT molecular complexity index is 142. The highest BCUT2D eigenvalue weighted by atomic mass is 31.2. The molecule has 74 valence electrons. The fourth-order valence-corrected chi connectivity index (χ4v) is 1.60. The molecule has 4 nitrogen and oxygen atoms in total. The molecular weight excluding hydrogens is 179 g/mol. The second kappa shape index (κ2) is 6.61. The maximum absolute atomic E-state index is 10.4. The first-order valence-corrected chi connectivity index (χ1v) is 6.01. The number of aliphatic hydroxyl groups excluding tert-OH is 1. The fraction of sp³-hybridized carbons (Fsp3) is 1.00. The minimum absolute atomic E-state index is 0.00781. The molecule has 0 saturated heterocycles. The number of hydrogen-bond acceptors (Lipinski definition) is 2. The molecule has 0 amide bonds. The van der Waals surface area contributed by atoms with Crippen LogP contribution in [0.25, 0.3) is 0 Å². The van der Waals surface area contributed by atoms with Crippen molar-refractivity contribution < 1.29 is 19.5 Å². The smallest absolute Gasteiger partial charge is 0.325 e. The summed E-state index contributed by atoms with van der Waals surface area (Å²) in [7, 11) is -3.77. The largest absolute Gasteiger partial charge is 0.396 e. The summed E-state index contributed by atoms with van der Waals surface area (Å²) in [5.74, 6) is 0. The monoisotopic (exact) mass is 196 g/mol. The highest BCUT2D eigenvalue weighted by molar-refractivity contribution is 7.51. The van der Waals surface area contributed by atoms with Crippen LogP contribution in [0.3, 0.4) is 0 Å². The van der Waals surface area contributed by atoms with Crippen molar-refractivity contribution >= 4 is 7.60 Å². The molecule has 3 N–H and O–H groups in total. The lowest BCUT2D eigenvalue weighted by Gasteiger charge is -2.02. The molecule has 0 aliphatic rings.